The summed E-state index contributed by atoms with van der Waals surface area (Å²) in [7, 11) is 0. The molecular weight excluding hydrogens is 324 g/mol. The van der Waals surface area contributed by atoms with E-state index in [1.165, 1.54) is 6.26 Å². The van der Waals surface area contributed by atoms with Gasteiger partial charge in [-0.05, 0) is 40.2 Å². The second-order valence-corrected chi connectivity index (χ2v) is 4.67. The second-order valence-electron chi connectivity index (χ2n) is 2.98. The molecule has 0 saturated heterocycles. The quantitative estimate of drug-likeness (QED) is 0.778. The molecule has 15 heavy (non-hydrogen) atoms. The summed E-state index contributed by atoms with van der Waals surface area (Å²) >= 11 is 6.48. The molecule has 0 N–H and O–H groups in total. The van der Waals surface area contributed by atoms with Crippen LogP contribution in [0.15, 0.2) is 50.2 Å². The van der Waals surface area contributed by atoms with E-state index in [1.807, 2.05) is 12.1 Å². The van der Waals surface area contributed by atoms with E-state index in [-0.39, 0.29) is 5.78 Å². The maximum absolute atomic E-state index is 11.9. The molecule has 1 aromatic heterocycles. The number of hydrogen-bond acceptors (Lipinski definition) is 2. The normalized spacial score (nSPS) is 10.3. The molecule has 0 aliphatic rings. The minimum Gasteiger partial charge on any atom is -0.457 e. The molecule has 0 aliphatic heterocycles. The van der Waals surface area contributed by atoms with E-state index in [2.05, 4.69) is 31.9 Å². The number of carbonyl (C=O) groups excluding carboxylic acids is 1. The van der Waals surface area contributed by atoms with E-state index in [4.69, 9.17) is 4.42 Å². The van der Waals surface area contributed by atoms with Crippen LogP contribution in [0.3, 0.4) is 0 Å². The van der Waals surface area contributed by atoms with Gasteiger partial charge in [-0.2, -0.15) is 0 Å². The number of hydrogen-bond donors (Lipinski definition) is 0. The largest absolute Gasteiger partial charge is 0.457 e. The highest BCUT2D eigenvalue weighted by Crippen LogP contribution is 2.18. The van der Waals surface area contributed by atoms with Crippen LogP contribution < -0.4 is 0 Å². The Hall–Kier alpha value is -0.870. The molecule has 2 nitrogen and oxygen atoms in total. The third kappa shape index (κ3) is 2.38. The predicted molar refractivity (Wildman–Crippen MR) is 64.0 cm³/mol. The Morgan fingerprint density at radius 3 is 2.27 bits per heavy atom. The summed E-state index contributed by atoms with van der Waals surface area (Å²) in [4.78, 5) is 11.9. The number of benzene rings is 1. The van der Waals surface area contributed by atoms with Gasteiger partial charge in [0.25, 0.3) is 0 Å². The van der Waals surface area contributed by atoms with Crippen LogP contribution in [0.4, 0.5) is 0 Å². The molecule has 0 amide bonds. The minimum absolute atomic E-state index is 0.0445. The summed E-state index contributed by atoms with van der Waals surface area (Å²) in [5.74, 6) is -0.0445. The van der Waals surface area contributed by atoms with Crippen molar-refractivity contribution in [3.8, 4) is 0 Å². The maximum Gasteiger partial charge on any atom is 0.196 e. The van der Waals surface area contributed by atoms with Crippen molar-refractivity contribution in [2.75, 3.05) is 0 Å². The van der Waals surface area contributed by atoms with E-state index >= 15 is 0 Å². The monoisotopic (exact) mass is 328 g/mol. The van der Waals surface area contributed by atoms with Crippen molar-refractivity contribution < 1.29 is 9.21 Å². The zero-order valence-corrected chi connectivity index (χ0v) is 10.7. The lowest BCUT2D eigenvalue weighted by molar-refractivity contribution is 0.103. The molecule has 0 atom stereocenters. The first-order chi connectivity index (χ1) is 7.16. The zero-order valence-electron chi connectivity index (χ0n) is 7.54. The average molecular weight is 330 g/mol. The third-order valence-corrected chi connectivity index (χ3v) is 2.88. The summed E-state index contributed by atoms with van der Waals surface area (Å²) in [6.07, 6.45) is 1.44. The van der Waals surface area contributed by atoms with Crippen molar-refractivity contribution in [1.82, 2.24) is 0 Å². The van der Waals surface area contributed by atoms with E-state index in [0.717, 1.165) is 4.47 Å². The lowest BCUT2D eigenvalue weighted by Crippen LogP contribution is -1.98. The molecule has 76 valence electrons. The van der Waals surface area contributed by atoms with Gasteiger partial charge in [0.05, 0.1) is 5.56 Å². The van der Waals surface area contributed by atoms with Crippen LogP contribution in [-0.4, -0.2) is 5.78 Å². The fourth-order valence-corrected chi connectivity index (χ4v) is 1.80. The van der Waals surface area contributed by atoms with Crippen LogP contribution in [0.2, 0.25) is 0 Å². The molecule has 0 fully saturated rings. The lowest BCUT2D eigenvalue weighted by Gasteiger charge is -1.97. The highest BCUT2D eigenvalue weighted by molar-refractivity contribution is 9.10. The summed E-state index contributed by atoms with van der Waals surface area (Å²) in [6.45, 7) is 0. The first-order valence-electron chi connectivity index (χ1n) is 4.21. The van der Waals surface area contributed by atoms with Crippen molar-refractivity contribution in [1.29, 1.82) is 0 Å². The number of ketones is 1. The van der Waals surface area contributed by atoms with Gasteiger partial charge in [-0.1, -0.05) is 15.9 Å². The SMILES string of the molecule is O=C(c1ccc(Br)cc1)c1coc(Br)c1. The molecule has 0 radical (unpaired) electrons. The molecular formula is C11H6Br2O2. The van der Waals surface area contributed by atoms with Crippen LogP contribution in [0, 0.1) is 0 Å². The van der Waals surface area contributed by atoms with Crippen LogP contribution in [-0.2, 0) is 0 Å². The molecule has 0 spiro atoms. The highest BCUT2D eigenvalue weighted by atomic mass is 79.9. The van der Waals surface area contributed by atoms with E-state index in [0.29, 0.717) is 15.8 Å². The molecule has 0 unspecified atom stereocenters. The number of halogens is 2. The summed E-state index contributed by atoms with van der Waals surface area (Å²) in [5, 5.41) is 0. The highest BCUT2D eigenvalue weighted by Gasteiger charge is 2.11. The van der Waals surface area contributed by atoms with E-state index in [1.54, 1.807) is 18.2 Å². The van der Waals surface area contributed by atoms with Gasteiger partial charge >= 0.3 is 0 Å². The zero-order chi connectivity index (χ0) is 10.8. The Bertz CT molecular complexity index is 486. The third-order valence-electron chi connectivity index (χ3n) is 1.94. The van der Waals surface area contributed by atoms with Gasteiger partial charge in [0, 0.05) is 16.1 Å². The van der Waals surface area contributed by atoms with Crippen molar-refractivity contribution in [3.05, 3.63) is 56.9 Å². The molecule has 2 aromatic rings. The van der Waals surface area contributed by atoms with Gasteiger partial charge in [0.15, 0.2) is 10.5 Å². The minimum atomic E-state index is -0.0445. The molecule has 0 saturated carbocycles. The van der Waals surface area contributed by atoms with Gasteiger partial charge < -0.3 is 4.42 Å². The fraction of sp³-hybridized carbons (Fsp3) is 0. The number of carbonyl (C=O) groups is 1. The van der Waals surface area contributed by atoms with Crippen LogP contribution in [0.25, 0.3) is 0 Å². The van der Waals surface area contributed by atoms with Gasteiger partial charge in [-0.25, -0.2) is 0 Å². The molecule has 4 heteroatoms. The van der Waals surface area contributed by atoms with Gasteiger partial charge in [-0.3, -0.25) is 4.79 Å². The topological polar surface area (TPSA) is 30.2 Å². The molecule has 1 heterocycles. The first-order valence-corrected chi connectivity index (χ1v) is 5.80. The predicted octanol–water partition coefficient (Wildman–Crippen LogP) is 4.04. The van der Waals surface area contributed by atoms with Gasteiger partial charge in [0.1, 0.15) is 6.26 Å². The van der Waals surface area contributed by atoms with Crippen molar-refractivity contribution >= 4 is 37.6 Å². The summed E-state index contributed by atoms with van der Waals surface area (Å²) in [5.41, 5.74) is 1.19. The van der Waals surface area contributed by atoms with Crippen molar-refractivity contribution in [2.45, 2.75) is 0 Å². The van der Waals surface area contributed by atoms with E-state index in [9.17, 15) is 4.79 Å². The lowest BCUT2D eigenvalue weighted by atomic mass is 10.1. The first kappa shape index (κ1) is 10.6. The molecule has 0 aliphatic carbocycles. The second kappa shape index (κ2) is 4.33. The average Bonchev–Trinajstić information content (AvgIpc) is 2.65. The summed E-state index contributed by atoms with van der Waals surface area (Å²) in [6, 6.07) is 8.87. The maximum atomic E-state index is 11.9. The van der Waals surface area contributed by atoms with Gasteiger partial charge in [-0.15, -0.1) is 0 Å². The van der Waals surface area contributed by atoms with E-state index < -0.39 is 0 Å². The fourth-order valence-electron chi connectivity index (χ4n) is 1.20. The number of rotatable bonds is 2. The summed E-state index contributed by atoms with van der Waals surface area (Å²) < 4.78 is 6.53. The Balaban J connectivity index is 2.32. The smallest absolute Gasteiger partial charge is 0.196 e. The Morgan fingerprint density at radius 1 is 1.07 bits per heavy atom. The van der Waals surface area contributed by atoms with Crippen LogP contribution >= 0.6 is 31.9 Å². The van der Waals surface area contributed by atoms with Gasteiger partial charge in [0.2, 0.25) is 0 Å². The van der Waals surface area contributed by atoms with Crippen molar-refractivity contribution in [2.24, 2.45) is 0 Å². The Morgan fingerprint density at radius 2 is 1.73 bits per heavy atom. The number of furan rings is 1. The van der Waals surface area contributed by atoms with Crippen LogP contribution in [0.5, 0.6) is 0 Å². The molecule has 2 rings (SSSR count). The molecule has 0 bridgehead atoms. The van der Waals surface area contributed by atoms with Crippen LogP contribution in [0.1, 0.15) is 15.9 Å². The standard InChI is InChI=1S/C11H6Br2O2/c12-9-3-1-7(2-4-9)11(14)8-5-10(13)15-6-8/h1-6H. The molecule has 1 aromatic carbocycles. The Kier molecular flexibility index (Phi) is 3.07. The Labute approximate surface area is 104 Å². The van der Waals surface area contributed by atoms with Crippen molar-refractivity contribution in [3.63, 3.8) is 0 Å².